The molecule has 1 unspecified atom stereocenters. The Morgan fingerprint density at radius 1 is 1.11 bits per heavy atom. The Bertz CT molecular complexity index is 445. The number of benzene rings is 1. The average Bonchev–Trinajstić information content (AvgIpc) is 2.37. The van der Waals surface area contributed by atoms with Crippen molar-refractivity contribution >= 4 is 19.7 Å². The predicted octanol–water partition coefficient (Wildman–Crippen LogP) is 3.89. The topological polar surface area (TPSA) is 43.4 Å². The Labute approximate surface area is 120 Å². The van der Waals surface area contributed by atoms with Gasteiger partial charge in [0, 0.05) is 17.3 Å². The van der Waals surface area contributed by atoms with Gasteiger partial charge < -0.3 is 4.74 Å². The molecule has 0 radical (unpaired) electrons. The zero-order valence-corrected chi connectivity index (χ0v) is 12.8. The van der Waals surface area contributed by atoms with Crippen LogP contribution in [0.15, 0.2) is 30.3 Å². The van der Waals surface area contributed by atoms with Gasteiger partial charge in [0.2, 0.25) is 9.05 Å². The minimum absolute atomic E-state index is 0.0653. The standard InChI is InChI=1S/C14H21ClO3S/c1-13(14-9-5-4-6-10-14)18-11-7-2-3-8-12-19(15,16)17/h4-6,9-10,13H,2-3,7-8,11-12H2,1H3. The van der Waals surface area contributed by atoms with Crippen molar-refractivity contribution in [3.05, 3.63) is 35.9 Å². The Morgan fingerprint density at radius 3 is 2.37 bits per heavy atom. The maximum atomic E-state index is 10.7. The van der Waals surface area contributed by atoms with E-state index in [4.69, 9.17) is 15.4 Å². The molecule has 1 aromatic rings. The second-order valence-corrected chi connectivity index (χ2v) is 7.48. The summed E-state index contributed by atoms with van der Waals surface area (Å²) < 4.78 is 27.1. The fourth-order valence-electron chi connectivity index (χ4n) is 1.81. The third-order valence-corrected chi connectivity index (χ3v) is 4.16. The van der Waals surface area contributed by atoms with Crippen molar-refractivity contribution < 1.29 is 13.2 Å². The van der Waals surface area contributed by atoms with Crippen LogP contribution in [-0.4, -0.2) is 20.8 Å². The molecule has 0 saturated heterocycles. The lowest BCUT2D eigenvalue weighted by Crippen LogP contribution is -2.02. The van der Waals surface area contributed by atoms with E-state index in [-0.39, 0.29) is 11.9 Å². The van der Waals surface area contributed by atoms with Crippen LogP contribution in [0.25, 0.3) is 0 Å². The number of rotatable bonds is 9. The number of hydrogen-bond donors (Lipinski definition) is 0. The molecular weight excluding hydrogens is 284 g/mol. The third-order valence-electron chi connectivity index (χ3n) is 2.92. The van der Waals surface area contributed by atoms with Crippen LogP contribution in [0, 0.1) is 0 Å². The number of ether oxygens (including phenoxy) is 1. The molecule has 0 aliphatic rings. The minimum atomic E-state index is -3.33. The molecule has 1 atom stereocenters. The highest BCUT2D eigenvalue weighted by molar-refractivity contribution is 8.13. The van der Waals surface area contributed by atoms with E-state index in [0.717, 1.165) is 19.3 Å². The zero-order valence-electron chi connectivity index (χ0n) is 11.2. The molecule has 1 aromatic carbocycles. The van der Waals surface area contributed by atoms with E-state index in [1.54, 1.807) is 0 Å². The highest BCUT2D eigenvalue weighted by Crippen LogP contribution is 2.16. The highest BCUT2D eigenvalue weighted by Gasteiger charge is 2.05. The van der Waals surface area contributed by atoms with Crippen LogP contribution < -0.4 is 0 Å². The van der Waals surface area contributed by atoms with Crippen molar-refractivity contribution in [1.29, 1.82) is 0 Å². The normalized spacial score (nSPS) is 13.4. The van der Waals surface area contributed by atoms with E-state index in [1.807, 2.05) is 25.1 Å². The van der Waals surface area contributed by atoms with E-state index < -0.39 is 9.05 Å². The van der Waals surface area contributed by atoms with Crippen molar-refractivity contribution in [3.63, 3.8) is 0 Å². The van der Waals surface area contributed by atoms with Crippen LogP contribution >= 0.6 is 10.7 Å². The number of halogens is 1. The summed E-state index contributed by atoms with van der Waals surface area (Å²) >= 11 is 0. The van der Waals surface area contributed by atoms with Gasteiger partial charge >= 0.3 is 0 Å². The van der Waals surface area contributed by atoms with Gasteiger partial charge in [0.25, 0.3) is 0 Å². The molecule has 0 N–H and O–H groups in total. The molecule has 0 heterocycles. The van der Waals surface area contributed by atoms with E-state index >= 15 is 0 Å². The van der Waals surface area contributed by atoms with Gasteiger partial charge in [-0.15, -0.1) is 0 Å². The van der Waals surface area contributed by atoms with Crippen molar-refractivity contribution in [3.8, 4) is 0 Å². The molecule has 0 bridgehead atoms. The van der Waals surface area contributed by atoms with Crippen LogP contribution in [-0.2, 0) is 13.8 Å². The molecule has 0 saturated carbocycles. The lowest BCUT2D eigenvalue weighted by molar-refractivity contribution is 0.0628. The highest BCUT2D eigenvalue weighted by atomic mass is 35.7. The summed E-state index contributed by atoms with van der Waals surface area (Å²) in [7, 11) is 1.80. The summed E-state index contributed by atoms with van der Waals surface area (Å²) in [5, 5.41) is 0. The van der Waals surface area contributed by atoms with Gasteiger partial charge in [-0.25, -0.2) is 8.42 Å². The Balaban J connectivity index is 2.05. The van der Waals surface area contributed by atoms with E-state index in [0.29, 0.717) is 13.0 Å². The van der Waals surface area contributed by atoms with Crippen LogP contribution in [0.1, 0.15) is 44.3 Å². The lowest BCUT2D eigenvalue weighted by atomic mass is 10.1. The fraction of sp³-hybridized carbons (Fsp3) is 0.571. The van der Waals surface area contributed by atoms with Gasteiger partial charge in [-0.05, 0) is 25.3 Å². The predicted molar refractivity (Wildman–Crippen MR) is 78.9 cm³/mol. The fourth-order valence-corrected chi connectivity index (χ4v) is 2.69. The minimum Gasteiger partial charge on any atom is -0.374 e. The summed E-state index contributed by atoms with van der Waals surface area (Å²) in [4.78, 5) is 0. The van der Waals surface area contributed by atoms with Gasteiger partial charge in [0.1, 0.15) is 0 Å². The van der Waals surface area contributed by atoms with Crippen molar-refractivity contribution in [2.24, 2.45) is 0 Å². The SMILES string of the molecule is CC(OCCCCCCS(=O)(=O)Cl)c1ccccc1. The summed E-state index contributed by atoms with van der Waals surface area (Å²) in [6.45, 7) is 2.74. The Kier molecular flexibility index (Phi) is 7.42. The van der Waals surface area contributed by atoms with Gasteiger partial charge in [-0.2, -0.15) is 0 Å². The Hall–Kier alpha value is -0.580. The van der Waals surface area contributed by atoms with Crippen molar-refractivity contribution in [2.45, 2.75) is 38.7 Å². The summed E-state index contributed by atoms with van der Waals surface area (Å²) in [6, 6.07) is 10.1. The molecule has 0 aliphatic heterocycles. The van der Waals surface area contributed by atoms with Gasteiger partial charge in [-0.3, -0.25) is 0 Å². The molecule has 0 aromatic heterocycles. The smallest absolute Gasteiger partial charge is 0.232 e. The van der Waals surface area contributed by atoms with Crippen LogP contribution in [0.5, 0.6) is 0 Å². The second kappa shape index (κ2) is 8.56. The lowest BCUT2D eigenvalue weighted by Gasteiger charge is -2.13. The molecule has 19 heavy (non-hydrogen) atoms. The second-order valence-electron chi connectivity index (χ2n) is 4.58. The molecule has 0 aliphatic carbocycles. The molecule has 1 rings (SSSR count). The first-order valence-corrected chi connectivity index (χ1v) is 9.06. The number of unbranched alkanes of at least 4 members (excludes halogenated alkanes) is 3. The van der Waals surface area contributed by atoms with Gasteiger partial charge in [0.15, 0.2) is 0 Å². The zero-order chi connectivity index (χ0) is 14.1. The van der Waals surface area contributed by atoms with Crippen molar-refractivity contribution in [2.75, 3.05) is 12.4 Å². The maximum Gasteiger partial charge on any atom is 0.232 e. The Morgan fingerprint density at radius 2 is 1.74 bits per heavy atom. The molecule has 3 nitrogen and oxygen atoms in total. The molecular formula is C14H21ClO3S. The molecule has 5 heteroatoms. The molecule has 0 spiro atoms. The summed E-state index contributed by atoms with van der Waals surface area (Å²) in [5.41, 5.74) is 1.18. The van der Waals surface area contributed by atoms with Crippen LogP contribution in [0.4, 0.5) is 0 Å². The summed E-state index contributed by atoms with van der Waals surface area (Å²) in [5.74, 6) is 0.0653. The first-order chi connectivity index (χ1) is 8.99. The van der Waals surface area contributed by atoms with E-state index in [2.05, 4.69) is 12.1 Å². The largest absolute Gasteiger partial charge is 0.374 e. The quantitative estimate of drug-likeness (QED) is 0.513. The number of hydrogen-bond acceptors (Lipinski definition) is 3. The van der Waals surface area contributed by atoms with E-state index in [9.17, 15) is 8.42 Å². The maximum absolute atomic E-state index is 10.7. The van der Waals surface area contributed by atoms with Gasteiger partial charge in [0.05, 0.1) is 11.9 Å². The van der Waals surface area contributed by atoms with Crippen LogP contribution in [0.3, 0.4) is 0 Å². The molecule has 0 amide bonds. The summed E-state index contributed by atoms with van der Waals surface area (Å²) in [6.07, 6.45) is 3.51. The third kappa shape index (κ3) is 8.24. The first kappa shape index (κ1) is 16.5. The molecule has 108 valence electrons. The average molecular weight is 305 g/mol. The van der Waals surface area contributed by atoms with Crippen molar-refractivity contribution in [1.82, 2.24) is 0 Å². The monoisotopic (exact) mass is 304 g/mol. The molecule has 0 fully saturated rings. The first-order valence-electron chi connectivity index (χ1n) is 6.58. The van der Waals surface area contributed by atoms with E-state index in [1.165, 1.54) is 5.56 Å². The van der Waals surface area contributed by atoms with Gasteiger partial charge in [-0.1, -0.05) is 43.2 Å². The van der Waals surface area contributed by atoms with Crippen LogP contribution in [0.2, 0.25) is 0 Å².